The molecule has 156 valence electrons. The van der Waals surface area contributed by atoms with Crippen LogP contribution in [0.1, 0.15) is 24.5 Å². The van der Waals surface area contributed by atoms with Crippen LogP contribution in [0.25, 0.3) is 0 Å². The molecule has 1 N–H and O–H groups in total. The van der Waals surface area contributed by atoms with Crippen molar-refractivity contribution in [3.05, 3.63) is 60.9 Å². The number of benzene rings is 1. The molecule has 0 bridgehead atoms. The summed E-state index contributed by atoms with van der Waals surface area (Å²) in [6.07, 6.45) is 8.01. The minimum absolute atomic E-state index is 0.0117. The molecule has 0 aliphatic carbocycles. The molecule has 0 unspecified atom stereocenters. The standard InChI is InChI=1S/C20H22N6O3S/c1-29-17-4-6-18(7-5-17)30(27,28)26-10-2-3-15(13-26)19-8-9-23-20(25-19)24-16-11-21-14-22-12-16/h4-9,11-12,14-15H,2-3,10,13H2,1H3,(H,23,24,25)/t15-/m1/s1. The summed E-state index contributed by atoms with van der Waals surface area (Å²) in [5.74, 6) is 1.04. The van der Waals surface area contributed by atoms with Gasteiger partial charge in [-0.25, -0.2) is 28.4 Å². The van der Waals surface area contributed by atoms with Crippen LogP contribution >= 0.6 is 0 Å². The van der Waals surface area contributed by atoms with Gasteiger partial charge in [-0.15, -0.1) is 0 Å². The van der Waals surface area contributed by atoms with Crippen LogP contribution in [0, 0.1) is 0 Å². The molecule has 10 heteroatoms. The Bertz CT molecular complexity index is 1090. The Kier molecular flexibility index (Phi) is 5.86. The summed E-state index contributed by atoms with van der Waals surface area (Å²) in [5.41, 5.74) is 1.49. The van der Waals surface area contributed by atoms with Gasteiger partial charge in [0.2, 0.25) is 16.0 Å². The second-order valence-electron chi connectivity index (χ2n) is 6.93. The summed E-state index contributed by atoms with van der Waals surface area (Å²) in [5, 5.41) is 3.07. The maximum atomic E-state index is 13.1. The minimum atomic E-state index is -3.58. The lowest BCUT2D eigenvalue weighted by atomic mass is 9.96. The number of anilines is 2. The van der Waals surface area contributed by atoms with Gasteiger partial charge in [0.1, 0.15) is 12.1 Å². The molecule has 30 heavy (non-hydrogen) atoms. The third kappa shape index (κ3) is 4.39. The van der Waals surface area contributed by atoms with E-state index in [9.17, 15) is 8.42 Å². The van der Waals surface area contributed by atoms with Crippen molar-refractivity contribution in [3.63, 3.8) is 0 Å². The maximum absolute atomic E-state index is 13.1. The Hall–Kier alpha value is -3.11. The molecule has 1 aliphatic rings. The molecule has 0 spiro atoms. The lowest BCUT2D eigenvalue weighted by Gasteiger charge is -2.31. The Morgan fingerprint density at radius 2 is 1.90 bits per heavy atom. The zero-order chi connectivity index (χ0) is 21.0. The SMILES string of the molecule is COc1ccc(S(=O)(=O)N2CCC[C@@H](c3ccnc(Nc4cncnc4)n3)C2)cc1. The lowest BCUT2D eigenvalue weighted by molar-refractivity contribution is 0.312. The fraction of sp³-hybridized carbons (Fsp3) is 0.300. The zero-order valence-corrected chi connectivity index (χ0v) is 17.3. The van der Waals surface area contributed by atoms with Gasteiger partial charge < -0.3 is 10.1 Å². The molecule has 4 rings (SSSR count). The van der Waals surface area contributed by atoms with Crippen LogP contribution in [0.2, 0.25) is 0 Å². The van der Waals surface area contributed by atoms with Gasteiger partial charge in [0, 0.05) is 25.2 Å². The molecule has 0 radical (unpaired) electrons. The number of aromatic nitrogens is 4. The number of hydrogen-bond acceptors (Lipinski definition) is 8. The van der Waals surface area contributed by atoms with Crippen LogP contribution in [0.15, 0.2) is 60.1 Å². The van der Waals surface area contributed by atoms with E-state index in [2.05, 4.69) is 25.3 Å². The van der Waals surface area contributed by atoms with E-state index in [-0.39, 0.29) is 10.8 Å². The quantitative estimate of drug-likeness (QED) is 0.640. The van der Waals surface area contributed by atoms with Crippen molar-refractivity contribution >= 4 is 21.7 Å². The van der Waals surface area contributed by atoms with Crippen LogP contribution in [-0.2, 0) is 10.0 Å². The number of nitrogens with one attached hydrogen (secondary N) is 1. The highest BCUT2D eigenvalue weighted by atomic mass is 32.2. The second kappa shape index (κ2) is 8.72. The van der Waals surface area contributed by atoms with Crippen LogP contribution in [-0.4, -0.2) is 52.9 Å². The van der Waals surface area contributed by atoms with E-state index < -0.39 is 10.0 Å². The van der Waals surface area contributed by atoms with E-state index in [1.807, 2.05) is 6.07 Å². The van der Waals surface area contributed by atoms with Crippen molar-refractivity contribution < 1.29 is 13.2 Å². The molecule has 1 atom stereocenters. The molecule has 9 nitrogen and oxygen atoms in total. The molecule has 2 aromatic heterocycles. The predicted octanol–water partition coefficient (Wildman–Crippen LogP) is 2.59. The normalized spacial score (nSPS) is 17.4. The van der Waals surface area contributed by atoms with E-state index in [0.717, 1.165) is 18.5 Å². The monoisotopic (exact) mass is 426 g/mol. The number of nitrogens with zero attached hydrogens (tertiary/aromatic N) is 5. The molecular weight excluding hydrogens is 404 g/mol. The Morgan fingerprint density at radius 3 is 2.63 bits per heavy atom. The topological polar surface area (TPSA) is 110 Å². The summed E-state index contributed by atoms with van der Waals surface area (Å²) in [6, 6.07) is 8.30. The molecule has 0 saturated carbocycles. The second-order valence-corrected chi connectivity index (χ2v) is 8.87. The number of ether oxygens (including phenoxy) is 1. The summed E-state index contributed by atoms with van der Waals surface area (Å²) in [4.78, 5) is 17.0. The highest BCUT2D eigenvalue weighted by molar-refractivity contribution is 7.89. The van der Waals surface area contributed by atoms with Gasteiger partial charge in [0.05, 0.1) is 35.8 Å². The highest BCUT2D eigenvalue weighted by Crippen LogP contribution is 2.30. The largest absolute Gasteiger partial charge is 0.497 e. The van der Waals surface area contributed by atoms with Crippen molar-refractivity contribution in [2.75, 3.05) is 25.5 Å². The first kappa shape index (κ1) is 20.2. The van der Waals surface area contributed by atoms with E-state index in [0.29, 0.717) is 30.5 Å². The van der Waals surface area contributed by atoms with E-state index in [1.54, 1.807) is 50.0 Å². The summed E-state index contributed by atoms with van der Waals surface area (Å²) < 4.78 is 32.8. The minimum Gasteiger partial charge on any atom is -0.497 e. The smallest absolute Gasteiger partial charge is 0.243 e. The molecule has 1 aliphatic heterocycles. The van der Waals surface area contributed by atoms with Crippen molar-refractivity contribution in [3.8, 4) is 5.75 Å². The van der Waals surface area contributed by atoms with Crippen LogP contribution < -0.4 is 10.1 Å². The third-order valence-electron chi connectivity index (χ3n) is 4.99. The van der Waals surface area contributed by atoms with E-state index in [1.165, 1.54) is 10.6 Å². The number of methoxy groups -OCH3 is 1. The Labute approximate surface area is 175 Å². The molecule has 3 aromatic rings. The van der Waals surface area contributed by atoms with Crippen LogP contribution in [0.3, 0.4) is 0 Å². The van der Waals surface area contributed by atoms with Crippen LogP contribution in [0.5, 0.6) is 5.75 Å². The maximum Gasteiger partial charge on any atom is 0.243 e. The van der Waals surface area contributed by atoms with Crippen LogP contribution in [0.4, 0.5) is 11.6 Å². The molecule has 3 heterocycles. The first-order chi connectivity index (χ1) is 14.6. The van der Waals surface area contributed by atoms with Crippen molar-refractivity contribution in [1.29, 1.82) is 0 Å². The first-order valence-corrected chi connectivity index (χ1v) is 11.0. The summed E-state index contributed by atoms with van der Waals surface area (Å²) >= 11 is 0. The van der Waals surface area contributed by atoms with Crippen molar-refractivity contribution in [2.45, 2.75) is 23.7 Å². The van der Waals surface area contributed by atoms with Gasteiger partial charge >= 0.3 is 0 Å². The predicted molar refractivity (Wildman–Crippen MR) is 111 cm³/mol. The fourth-order valence-electron chi connectivity index (χ4n) is 3.45. The number of hydrogen-bond donors (Lipinski definition) is 1. The van der Waals surface area contributed by atoms with Crippen molar-refractivity contribution in [2.24, 2.45) is 0 Å². The zero-order valence-electron chi connectivity index (χ0n) is 16.5. The first-order valence-electron chi connectivity index (χ1n) is 9.55. The van der Waals surface area contributed by atoms with Crippen molar-refractivity contribution in [1.82, 2.24) is 24.2 Å². The molecule has 1 aromatic carbocycles. The molecule has 1 fully saturated rings. The average molecular weight is 427 g/mol. The fourth-order valence-corrected chi connectivity index (χ4v) is 4.98. The lowest BCUT2D eigenvalue weighted by Crippen LogP contribution is -2.39. The van der Waals surface area contributed by atoms with Gasteiger partial charge in [-0.05, 0) is 43.2 Å². The third-order valence-corrected chi connectivity index (χ3v) is 6.87. The van der Waals surface area contributed by atoms with E-state index >= 15 is 0 Å². The van der Waals surface area contributed by atoms with Gasteiger partial charge in [-0.1, -0.05) is 0 Å². The number of sulfonamides is 1. The average Bonchev–Trinajstić information content (AvgIpc) is 2.80. The number of piperidine rings is 1. The summed E-state index contributed by atoms with van der Waals surface area (Å²) in [7, 11) is -2.03. The molecule has 0 amide bonds. The molecule has 1 saturated heterocycles. The summed E-state index contributed by atoms with van der Waals surface area (Å²) in [6.45, 7) is 0.863. The van der Waals surface area contributed by atoms with Gasteiger partial charge in [0.25, 0.3) is 0 Å². The Balaban J connectivity index is 1.51. The van der Waals surface area contributed by atoms with Gasteiger partial charge in [0.15, 0.2) is 0 Å². The Morgan fingerprint density at radius 1 is 1.13 bits per heavy atom. The van der Waals surface area contributed by atoms with Gasteiger partial charge in [-0.2, -0.15) is 4.31 Å². The molecular formula is C20H22N6O3S. The highest BCUT2D eigenvalue weighted by Gasteiger charge is 2.31. The number of rotatable bonds is 6. The van der Waals surface area contributed by atoms with E-state index in [4.69, 9.17) is 4.74 Å². The van der Waals surface area contributed by atoms with Gasteiger partial charge in [-0.3, -0.25) is 0 Å².